The van der Waals surface area contributed by atoms with Crippen molar-refractivity contribution < 1.29 is 9.18 Å². The number of nitrogens with one attached hydrogen (secondary N) is 1. The Morgan fingerprint density at radius 3 is 2.65 bits per heavy atom. The fourth-order valence-electron chi connectivity index (χ4n) is 1.74. The molecule has 0 heterocycles. The van der Waals surface area contributed by atoms with E-state index in [1.807, 2.05) is 37.3 Å². The topological polar surface area (TPSA) is 29.1 Å². The molecular weight excluding hydrogens is 273 g/mol. The maximum Gasteiger partial charge on any atom is 0.233 e. The summed E-state index contributed by atoms with van der Waals surface area (Å²) in [7, 11) is 0. The van der Waals surface area contributed by atoms with E-state index in [0.717, 1.165) is 10.5 Å². The van der Waals surface area contributed by atoms with Crippen molar-refractivity contribution in [3.63, 3.8) is 0 Å². The lowest BCUT2D eigenvalue weighted by Crippen LogP contribution is -2.30. The summed E-state index contributed by atoms with van der Waals surface area (Å²) in [5.74, 6) is -0.341. The fourth-order valence-corrected chi connectivity index (χ4v) is 2.65. The van der Waals surface area contributed by atoms with E-state index in [1.54, 1.807) is 12.1 Å². The molecule has 0 aliphatic rings. The zero-order valence-corrected chi connectivity index (χ0v) is 12.0. The van der Waals surface area contributed by atoms with Gasteiger partial charge in [0.05, 0.1) is 5.25 Å². The Hall–Kier alpha value is -1.81. The van der Waals surface area contributed by atoms with Crippen LogP contribution >= 0.6 is 11.8 Å². The van der Waals surface area contributed by atoms with Crippen molar-refractivity contribution in [2.24, 2.45) is 0 Å². The fraction of sp³-hybridized carbons (Fsp3) is 0.188. The first kappa shape index (κ1) is 14.6. The van der Waals surface area contributed by atoms with Crippen LogP contribution in [0.4, 0.5) is 4.39 Å². The molecule has 0 fully saturated rings. The SMILES string of the molecule is CC(Sc1ccccc1)C(=O)NCc1cccc(F)c1. The van der Waals surface area contributed by atoms with E-state index in [4.69, 9.17) is 0 Å². The van der Waals surface area contributed by atoms with Gasteiger partial charge in [0.1, 0.15) is 5.82 Å². The molecule has 20 heavy (non-hydrogen) atoms. The van der Waals surface area contributed by atoms with Crippen molar-refractivity contribution in [3.05, 3.63) is 66.0 Å². The minimum Gasteiger partial charge on any atom is -0.351 e. The number of thioether (sulfide) groups is 1. The number of benzene rings is 2. The van der Waals surface area contributed by atoms with Crippen LogP contribution in [0.25, 0.3) is 0 Å². The molecule has 0 radical (unpaired) electrons. The molecule has 0 saturated heterocycles. The molecule has 1 amide bonds. The molecule has 0 aliphatic heterocycles. The van der Waals surface area contributed by atoms with E-state index in [-0.39, 0.29) is 17.0 Å². The minimum absolute atomic E-state index is 0.0527. The molecule has 1 N–H and O–H groups in total. The standard InChI is InChI=1S/C16H16FNOS/c1-12(20-15-8-3-2-4-9-15)16(19)18-11-13-6-5-7-14(17)10-13/h2-10,12H,11H2,1H3,(H,18,19). The Morgan fingerprint density at radius 1 is 1.20 bits per heavy atom. The first-order chi connectivity index (χ1) is 9.65. The van der Waals surface area contributed by atoms with Crippen LogP contribution < -0.4 is 5.32 Å². The highest BCUT2D eigenvalue weighted by Crippen LogP contribution is 2.22. The minimum atomic E-state index is -0.288. The lowest BCUT2D eigenvalue weighted by molar-refractivity contribution is -0.120. The maximum absolute atomic E-state index is 13.0. The number of hydrogen-bond acceptors (Lipinski definition) is 2. The number of hydrogen-bond donors (Lipinski definition) is 1. The van der Waals surface area contributed by atoms with Crippen LogP contribution in [-0.2, 0) is 11.3 Å². The van der Waals surface area contributed by atoms with Gasteiger partial charge in [-0.2, -0.15) is 0 Å². The first-order valence-corrected chi connectivity index (χ1v) is 7.27. The van der Waals surface area contributed by atoms with E-state index in [1.165, 1.54) is 23.9 Å². The van der Waals surface area contributed by atoms with E-state index in [9.17, 15) is 9.18 Å². The molecule has 2 aromatic rings. The van der Waals surface area contributed by atoms with Crippen LogP contribution in [0.5, 0.6) is 0 Å². The van der Waals surface area contributed by atoms with Crippen LogP contribution in [-0.4, -0.2) is 11.2 Å². The summed E-state index contributed by atoms with van der Waals surface area (Å²) >= 11 is 1.50. The van der Waals surface area contributed by atoms with Gasteiger partial charge in [-0.05, 0) is 36.8 Å². The number of amides is 1. The van der Waals surface area contributed by atoms with Crippen LogP contribution in [0.15, 0.2) is 59.5 Å². The van der Waals surface area contributed by atoms with Crippen molar-refractivity contribution in [1.29, 1.82) is 0 Å². The summed E-state index contributed by atoms with van der Waals surface area (Å²) in [4.78, 5) is 13.0. The molecule has 0 spiro atoms. The largest absolute Gasteiger partial charge is 0.351 e. The second-order valence-corrected chi connectivity index (χ2v) is 5.84. The lowest BCUT2D eigenvalue weighted by atomic mass is 10.2. The highest BCUT2D eigenvalue weighted by atomic mass is 32.2. The normalized spacial score (nSPS) is 11.9. The molecule has 0 aromatic heterocycles. The Labute approximate surface area is 122 Å². The smallest absolute Gasteiger partial charge is 0.233 e. The molecule has 1 atom stereocenters. The lowest BCUT2D eigenvalue weighted by Gasteiger charge is -2.12. The second-order valence-electron chi connectivity index (χ2n) is 4.42. The molecule has 0 bridgehead atoms. The Balaban J connectivity index is 1.85. The van der Waals surface area contributed by atoms with Crippen LogP contribution in [0.3, 0.4) is 0 Å². The third kappa shape index (κ3) is 4.38. The average molecular weight is 289 g/mol. The second kappa shape index (κ2) is 7.10. The maximum atomic E-state index is 13.0. The first-order valence-electron chi connectivity index (χ1n) is 6.39. The van der Waals surface area contributed by atoms with Crippen molar-refractivity contribution in [2.45, 2.75) is 23.6 Å². The molecule has 0 aliphatic carbocycles. The van der Waals surface area contributed by atoms with Gasteiger partial charge in [0.2, 0.25) is 5.91 Å². The van der Waals surface area contributed by atoms with Gasteiger partial charge < -0.3 is 5.32 Å². The molecule has 2 rings (SSSR count). The Morgan fingerprint density at radius 2 is 1.95 bits per heavy atom. The Bertz CT molecular complexity index is 574. The van der Waals surface area contributed by atoms with E-state index in [2.05, 4.69) is 5.32 Å². The number of carbonyl (C=O) groups is 1. The van der Waals surface area contributed by atoms with Gasteiger partial charge in [-0.1, -0.05) is 30.3 Å². The molecule has 4 heteroatoms. The number of rotatable bonds is 5. The Kier molecular flexibility index (Phi) is 5.18. The van der Waals surface area contributed by atoms with Crippen LogP contribution in [0.1, 0.15) is 12.5 Å². The van der Waals surface area contributed by atoms with E-state index in [0.29, 0.717) is 6.54 Å². The van der Waals surface area contributed by atoms with E-state index >= 15 is 0 Å². The van der Waals surface area contributed by atoms with Crippen molar-refractivity contribution in [2.75, 3.05) is 0 Å². The summed E-state index contributed by atoms with van der Waals surface area (Å²) in [6, 6.07) is 16.0. The molecule has 0 saturated carbocycles. The predicted molar refractivity (Wildman–Crippen MR) is 80.0 cm³/mol. The van der Waals surface area contributed by atoms with Crippen LogP contribution in [0.2, 0.25) is 0 Å². The zero-order valence-electron chi connectivity index (χ0n) is 11.2. The van der Waals surface area contributed by atoms with Gasteiger partial charge in [-0.3, -0.25) is 4.79 Å². The van der Waals surface area contributed by atoms with Crippen molar-refractivity contribution >= 4 is 17.7 Å². The predicted octanol–water partition coefficient (Wildman–Crippen LogP) is 3.62. The zero-order chi connectivity index (χ0) is 14.4. The average Bonchev–Trinajstić information content (AvgIpc) is 2.46. The van der Waals surface area contributed by atoms with Crippen molar-refractivity contribution in [3.8, 4) is 0 Å². The van der Waals surface area contributed by atoms with E-state index < -0.39 is 0 Å². The van der Waals surface area contributed by atoms with Crippen molar-refractivity contribution in [1.82, 2.24) is 5.32 Å². The van der Waals surface area contributed by atoms with Gasteiger partial charge in [-0.15, -0.1) is 11.8 Å². The quantitative estimate of drug-likeness (QED) is 0.852. The third-order valence-electron chi connectivity index (χ3n) is 2.78. The number of carbonyl (C=O) groups excluding carboxylic acids is 1. The molecule has 1 unspecified atom stereocenters. The van der Waals surface area contributed by atoms with Gasteiger partial charge >= 0.3 is 0 Å². The summed E-state index contributed by atoms with van der Waals surface area (Å²) in [5.41, 5.74) is 0.760. The summed E-state index contributed by atoms with van der Waals surface area (Å²) < 4.78 is 13.0. The monoisotopic (exact) mass is 289 g/mol. The van der Waals surface area contributed by atoms with Gasteiger partial charge in [0.15, 0.2) is 0 Å². The van der Waals surface area contributed by atoms with Gasteiger partial charge in [0, 0.05) is 11.4 Å². The molecule has 2 nitrogen and oxygen atoms in total. The highest BCUT2D eigenvalue weighted by Gasteiger charge is 2.13. The summed E-state index contributed by atoms with van der Waals surface area (Å²) in [5, 5.41) is 2.63. The molecule has 104 valence electrons. The van der Waals surface area contributed by atoms with Gasteiger partial charge in [0.25, 0.3) is 0 Å². The summed E-state index contributed by atoms with van der Waals surface area (Å²) in [6.45, 7) is 2.20. The van der Waals surface area contributed by atoms with Crippen LogP contribution in [0, 0.1) is 5.82 Å². The highest BCUT2D eigenvalue weighted by molar-refractivity contribution is 8.00. The molecular formula is C16H16FNOS. The molecule has 2 aromatic carbocycles. The third-order valence-corrected chi connectivity index (χ3v) is 3.89. The number of halogens is 1. The summed E-state index contributed by atoms with van der Waals surface area (Å²) in [6.07, 6.45) is 0. The van der Waals surface area contributed by atoms with Gasteiger partial charge in [-0.25, -0.2) is 4.39 Å².